The first-order valence-corrected chi connectivity index (χ1v) is 12.5. The summed E-state index contributed by atoms with van der Waals surface area (Å²) in [6, 6.07) is 0. The van der Waals surface area contributed by atoms with Gasteiger partial charge in [-0.3, -0.25) is 0 Å². The smallest absolute Gasteiger partial charge is 0.852 e. The van der Waals surface area contributed by atoms with E-state index in [1.807, 2.05) is 0 Å². The summed E-state index contributed by atoms with van der Waals surface area (Å²) in [6.45, 7) is 29.0. The Hall–Kier alpha value is 0.939. The van der Waals surface area contributed by atoms with E-state index < -0.39 is 54.9 Å². The van der Waals surface area contributed by atoms with Gasteiger partial charge in [-0.15, -0.1) is 54.9 Å². The van der Waals surface area contributed by atoms with Crippen molar-refractivity contribution in [2.45, 2.75) is 180 Å². The van der Waals surface area contributed by atoms with Crippen LogP contribution in [0.1, 0.15) is 125 Å². The summed E-state index contributed by atoms with van der Waals surface area (Å²) in [6.07, 6.45) is -3.75. The molecule has 11 heteroatoms. The first-order chi connectivity index (χ1) is 15.6. The number of rotatable bonds is 0. The molecule has 0 fully saturated rings. The molecule has 38 heavy (non-hydrogen) atoms. The SMILES string of the molecule is CC(C)[O-].CC(C)[O-].CC(C)[O-].CC(C)[O-].CC(C)[O-].CC(C)[O-].CC(C)[O-].CC(C)[O-].CC(C)[O-].[Ti+4].[V+5]. The molecule has 234 valence electrons. The van der Waals surface area contributed by atoms with E-state index >= 15 is 0 Å². The molecule has 0 aliphatic rings. The van der Waals surface area contributed by atoms with Gasteiger partial charge in [0.05, 0.1) is 0 Å². The third-order valence-electron chi connectivity index (χ3n) is 0. The summed E-state index contributed by atoms with van der Waals surface area (Å²) in [5.74, 6) is 0. The molecule has 0 heterocycles. The van der Waals surface area contributed by atoms with Gasteiger partial charge in [0.1, 0.15) is 0 Å². The van der Waals surface area contributed by atoms with Crippen LogP contribution in [0.15, 0.2) is 0 Å². The number of hydrogen-bond donors (Lipinski definition) is 0. The van der Waals surface area contributed by atoms with Crippen LogP contribution in [0.2, 0.25) is 0 Å². The van der Waals surface area contributed by atoms with Crippen LogP contribution in [0.3, 0.4) is 0 Å². The van der Waals surface area contributed by atoms with Crippen LogP contribution in [0.5, 0.6) is 0 Å². The molecule has 0 aliphatic carbocycles. The van der Waals surface area contributed by atoms with E-state index in [2.05, 4.69) is 0 Å². The fraction of sp³-hybridized carbons (Fsp3) is 1.00. The van der Waals surface area contributed by atoms with Crippen molar-refractivity contribution >= 4 is 0 Å². The Kier molecular flexibility index (Phi) is 125. The van der Waals surface area contributed by atoms with Gasteiger partial charge in [0.25, 0.3) is 0 Å². The predicted octanol–water partition coefficient (Wildman–Crippen LogP) is -2.21. The quantitative estimate of drug-likeness (QED) is 0.266. The Bertz CT molecular complexity index is 171. The minimum atomic E-state index is -0.417. The maximum absolute atomic E-state index is 9.53. The zero-order valence-electron chi connectivity index (χ0n) is 27.8. The Labute approximate surface area is 264 Å². The molecule has 0 atom stereocenters. The van der Waals surface area contributed by atoms with E-state index in [1.165, 1.54) is 0 Å². The molecule has 0 saturated carbocycles. The zero-order valence-corrected chi connectivity index (χ0v) is 30.8. The summed E-state index contributed by atoms with van der Waals surface area (Å²) in [5.41, 5.74) is 0. The molecule has 0 aliphatic heterocycles. The first kappa shape index (κ1) is 71.8. The Morgan fingerprint density at radius 2 is 0.211 bits per heavy atom. The third-order valence-corrected chi connectivity index (χ3v) is 0. The Morgan fingerprint density at radius 1 is 0.211 bits per heavy atom. The second-order valence-electron chi connectivity index (χ2n) is 9.44. The van der Waals surface area contributed by atoms with Gasteiger partial charge in [-0.25, -0.2) is 0 Å². The minimum absolute atomic E-state index is 0. The molecule has 0 aromatic heterocycles. The molecule has 0 radical (unpaired) electrons. The van der Waals surface area contributed by atoms with Gasteiger partial charge < -0.3 is 46.0 Å². The van der Waals surface area contributed by atoms with Crippen LogP contribution < -0.4 is 46.0 Å². The van der Waals surface area contributed by atoms with Crippen molar-refractivity contribution < 1.29 is 86.2 Å². The van der Waals surface area contributed by atoms with Gasteiger partial charge in [-0.2, -0.15) is 0 Å². The number of hydrogen-bond acceptors (Lipinski definition) is 9. The average molecular weight is 631 g/mol. The van der Waals surface area contributed by atoms with Crippen LogP contribution in [-0.4, -0.2) is 54.9 Å². The molecular formula is C27H63O9TiV. The second kappa shape index (κ2) is 66.3. The van der Waals surface area contributed by atoms with Crippen molar-refractivity contribution in [3.63, 3.8) is 0 Å². The zero-order chi connectivity index (χ0) is 32.2. The van der Waals surface area contributed by atoms with Crippen molar-refractivity contribution in [3.8, 4) is 0 Å². The normalized spacial score (nSPS) is 8.53. The molecular weight excluding hydrogens is 567 g/mol. The maximum atomic E-state index is 9.53. The van der Waals surface area contributed by atoms with Gasteiger partial charge in [0.2, 0.25) is 0 Å². The van der Waals surface area contributed by atoms with E-state index in [4.69, 9.17) is 0 Å². The van der Waals surface area contributed by atoms with Crippen LogP contribution in [-0.2, 0) is 40.3 Å². The van der Waals surface area contributed by atoms with E-state index in [-0.39, 0.29) is 40.3 Å². The Balaban J connectivity index is -0.0000000238. The molecule has 0 N–H and O–H groups in total. The molecule has 0 bridgehead atoms. The van der Waals surface area contributed by atoms with Crippen molar-refractivity contribution in [3.05, 3.63) is 0 Å². The maximum Gasteiger partial charge on any atom is 5.00 e. The van der Waals surface area contributed by atoms with Crippen molar-refractivity contribution in [1.29, 1.82) is 0 Å². The van der Waals surface area contributed by atoms with Crippen LogP contribution in [0.25, 0.3) is 0 Å². The predicted molar refractivity (Wildman–Crippen MR) is 136 cm³/mol. The molecule has 0 saturated heterocycles. The summed E-state index contributed by atoms with van der Waals surface area (Å²) in [5, 5.41) is 85.8. The molecule has 0 aromatic rings. The van der Waals surface area contributed by atoms with E-state index in [9.17, 15) is 46.0 Å². The Morgan fingerprint density at radius 3 is 0.211 bits per heavy atom. The van der Waals surface area contributed by atoms with Crippen molar-refractivity contribution in [2.24, 2.45) is 0 Å². The van der Waals surface area contributed by atoms with Crippen LogP contribution in [0.4, 0.5) is 0 Å². The van der Waals surface area contributed by atoms with E-state index in [0.29, 0.717) is 0 Å². The van der Waals surface area contributed by atoms with Crippen LogP contribution >= 0.6 is 0 Å². The summed E-state index contributed by atoms with van der Waals surface area (Å²) in [7, 11) is 0. The fourth-order valence-electron chi connectivity index (χ4n) is 0. The molecule has 0 unspecified atom stereocenters. The summed E-state index contributed by atoms with van der Waals surface area (Å²) in [4.78, 5) is 0. The van der Waals surface area contributed by atoms with Crippen LogP contribution in [0, 0.1) is 0 Å². The third kappa shape index (κ3) is 54100. The minimum Gasteiger partial charge on any atom is -0.852 e. The van der Waals surface area contributed by atoms with Crippen molar-refractivity contribution in [2.75, 3.05) is 0 Å². The molecule has 0 amide bonds. The topological polar surface area (TPSA) is 208 Å². The standard InChI is InChI=1S/9C3H7O.Ti.V/c9*1-3(2)4;;/h9*3H,1-2H3;;/q9*-1;+4;+5. The largest absolute Gasteiger partial charge is 5.00 e. The average Bonchev–Trinajstić information content (AvgIpc) is 2.39. The van der Waals surface area contributed by atoms with Gasteiger partial charge >= 0.3 is 40.3 Å². The second-order valence-corrected chi connectivity index (χ2v) is 9.44. The summed E-state index contributed by atoms with van der Waals surface area (Å²) >= 11 is 0. The molecule has 9 nitrogen and oxygen atoms in total. The van der Waals surface area contributed by atoms with E-state index in [0.717, 1.165) is 0 Å². The fourth-order valence-corrected chi connectivity index (χ4v) is 0. The van der Waals surface area contributed by atoms with Gasteiger partial charge in [0.15, 0.2) is 0 Å². The van der Waals surface area contributed by atoms with Gasteiger partial charge in [0, 0.05) is 0 Å². The van der Waals surface area contributed by atoms with E-state index in [1.54, 1.807) is 125 Å². The monoisotopic (exact) mass is 630 g/mol. The van der Waals surface area contributed by atoms with Crippen molar-refractivity contribution in [1.82, 2.24) is 0 Å². The van der Waals surface area contributed by atoms with Gasteiger partial charge in [-0.05, 0) is 0 Å². The molecule has 0 aromatic carbocycles. The first-order valence-electron chi connectivity index (χ1n) is 12.5. The summed E-state index contributed by atoms with van der Waals surface area (Å²) < 4.78 is 0. The molecule has 0 rings (SSSR count). The van der Waals surface area contributed by atoms with Gasteiger partial charge in [-0.1, -0.05) is 125 Å². The molecule has 0 spiro atoms.